The first-order valence-electron chi connectivity index (χ1n) is 7.96. The molecule has 1 amide bonds. The molecule has 3 aromatic rings. The van der Waals surface area contributed by atoms with Gasteiger partial charge >= 0.3 is 0 Å². The fourth-order valence-corrected chi connectivity index (χ4v) is 3.49. The predicted octanol–water partition coefficient (Wildman–Crippen LogP) is 4.57. The maximum Gasteiger partial charge on any atom is 0.287 e. The number of hydrogen-bond acceptors (Lipinski definition) is 2. The monoisotopic (exact) mass is 293 g/mol. The standard InChI is InChI=1S/C19H19NO2/c1-12-15-11-10-13-6-2-5-9-16(13)18(15)22-17(12)19(21)20-14-7-3-4-8-14/h2,5-6,9-11,14H,3-4,7-8H2,1H3,(H,20,21). The Morgan fingerprint density at radius 3 is 2.68 bits per heavy atom. The van der Waals surface area contributed by atoms with Gasteiger partial charge < -0.3 is 9.73 Å². The summed E-state index contributed by atoms with van der Waals surface area (Å²) in [6, 6.07) is 12.5. The van der Waals surface area contributed by atoms with Crippen LogP contribution >= 0.6 is 0 Å². The number of nitrogens with one attached hydrogen (secondary N) is 1. The van der Waals surface area contributed by atoms with E-state index in [0.717, 1.165) is 40.1 Å². The number of amides is 1. The Labute approximate surface area is 129 Å². The molecule has 0 radical (unpaired) electrons. The summed E-state index contributed by atoms with van der Waals surface area (Å²) in [6.07, 6.45) is 4.56. The van der Waals surface area contributed by atoms with Crippen molar-refractivity contribution in [2.24, 2.45) is 0 Å². The van der Waals surface area contributed by atoms with E-state index in [4.69, 9.17) is 4.42 Å². The predicted molar refractivity (Wildman–Crippen MR) is 88.2 cm³/mol. The summed E-state index contributed by atoms with van der Waals surface area (Å²) in [6.45, 7) is 1.96. The lowest BCUT2D eigenvalue weighted by Crippen LogP contribution is -2.32. The van der Waals surface area contributed by atoms with Crippen molar-refractivity contribution < 1.29 is 9.21 Å². The van der Waals surface area contributed by atoms with E-state index in [1.165, 1.54) is 12.8 Å². The summed E-state index contributed by atoms with van der Waals surface area (Å²) < 4.78 is 5.97. The van der Waals surface area contributed by atoms with Crippen molar-refractivity contribution in [3.8, 4) is 0 Å². The van der Waals surface area contributed by atoms with Crippen LogP contribution < -0.4 is 5.32 Å². The van der Waals surface area contributed by atoms with Gasteiger partial charge in [-0.2, -0.15) is 0 Å². The van der Waals surface area contributed by atoms with Crippen molar-refractivity contribution in [3.63, 3.8) is 0 Å². The second kappa shape index (κ2) is 5.16. The first-order chi connectivity index (χ1) is 10.7. The van der Waals surface area contributed by atoms with E-state index in [-0.39, 0.29) is 5.91 Å². The van der Waals surface area contributed by atoms with Gasteiger partial charge in [0.05, 0.1) is 0 Å². The van der Waals surface area contributed by atoms with Crippen molar-refractivity contribution in [3.05, 3.63) is 47.7 Å². The third-order valence-corrected chi connectivity index (χ3v) is 4.72. The van der Waals surface area contributed by atoms with Gasteiger partial charge in [0.15, 0.2) is 5.76 Å². The van der Waals surface area contributed by atoms with Gasteiger partial charge in [-0.05, 0) is 25.2 Å². The number of rotatable bonds is 2. The zero-order valence-corrected chi connectivity index (χ0v) is 12.7. The summed E-state index contributed by atoms with van der Waals surface area (Å²) >= 11 is 0. The molecule has 1 aliphatic carbocycles. The van der Waals surface area contributed by atoms with Gasteiger partial charge in [0.1, 0.15) is 5.58 Å². The third kappa shape index (κ3) is 2.08. The molecule has 1 N–H and O–H groups in total. The molecule has 4 rings (SSSR count). The highest BCUT2D eigenvalue weighted by Crippen LogP contribution is 2.32. The molecule has 0 unspecified atom stereocenters. The van der Waals surface area contributed by atoms with E-state index < -0.39 is 0 Å². The molecule has 0 saturated heterocycles. The summed E-state index contributed by atoms with van der Waals surface area (Å²) in [4.78, 5) is 12.5. The zero-order chi connectivity index (χ0) is 15.1. The van der Waals surface area contributed by atoms with Gasteiger partial charge in [0.2, 0.25) is 0 Å². The number of benzene rings is 2. The highest BCUT2D eigenvalue weighted by atomic mass is 16.3. The number of furan rings is 1. The molecule has 0 atom stereocenters. The van der Waals surface area contributed by atoms with Crippen LogP contribution in [0.5, 0.6) is 0 Å². The lowest BCUT2D eigenvalue weighted by atomic mass is 10.1. The van der Waals surface area contributed by atoms with Gasteiger partial charge in [0.25, 0.3) is 5.91 Å². The van der Waals surface area contributed by atoms with E-state index in [0.29, 0.717) is 11.8 Å². The lowest BCUT2D eigenvalue weighted by molar-refractivity contribution is 0.0911. The van der Waals surface area contributed by atoms with Crippen LogP contribution in [0.3, 0.4) is 0 Å². The van der Waals surface area contributed by atoms with Crippen molar-refractivity contribution in [2.75, 3.05) is 0 Å². The normalized spacial score (nSPS) is 15.7. The van der Waals surface area contributed by atoms with Gasteiger partial charge in [-0.15, -0.1) is 0 Å². The highest BCUT2D eigenvalue weighted by molar-refractivity contribution is 6.08. The zero-order valence-electron chi connectivity index (χ0n) is 12.7. The van der Waals surface area contributed by atoms with Crippen LogP contribution in [0, 0.1) is 6.92 Å². The molecule has 1 saturated carbocycles. The molecular weight excluding hydrogens is 274 g/mol. The quantitative estimate of drug-likeness (QED) is 0.752. The second-order valence-electron chi connectivity index (χ2n) is 6.17. The second-order valence-corrected chi connectivity index (χ2v) is 6.17. The maximum absolute atomic E-state index is 12.5. The molecule has 22 heavy (non-hydrogen) atoms. The minimum atomic E-state index is -0.0790. The number of carbonyl (C=O) groups excluding carboxylic acids is 1. The molecule has 1 fully saturated rings. The Morgan fingerprint density at radius 2 is 1.86 bits per heavy atom. The molecule has 3 heteroatoms. The SMILES string of the molecule is Cc1c(C(=O)NC2CCCC2)oc2c1ccc1ccccc12. The van der Waals surface area contributed by atoms with E-state index in [2.05, 4.69) is 17.4 Å². The average molecular weight is 293 g/mol. The Bertz CT molecular complexity index is 856. The van der Waals surface area contributed by atoms with Gasteiger partial charge in [-0.25, -0.2) is 0 Å². The maximum atomic E-state index is 12.5. The van der Waals surface area contributed by atoms with Crippen molar-refractivity contribution >= 4 is 27.6 Å². The van der Waals surface area contributed by atoms with Crippen LogP contribution in [-0.4, -0.2) is 11.9 Å². The first-order valence-corrected chi connectivity index (χ1v) is 7.96. The summed E-state index contributed by atoms with van der Waals surface area (Å²) in [5.74, 6) is 0.378. The summed E-state index contributed by atoms with van der Waals surface area (Å²) in [7, 11) is 0. The van der Waals surface area contributed by atoms with Crippen LogP contribution in [0.15, 0.2) is 40.8 Å². The van der Waals surface area contributed by atoms with Crippen LogP contribution in [0.1, 0.15) is 41.8 Å². The van der Waals surface area contributed by atoms with Gasteiger partial charge in [-0.3, -0.25) is 4.79 Å². The molecule has 0 spiro atoms. The smallest absolute Gasteiger partial charge is 0.287 e. The molecule has 2 aromatic carbocycles. The van der Waals surface area contributed by atoms with Crippen LogP contribution in [-0.2, 0) is 0 Å². The molecule has 0 aliphatic heterocycles. The topological polar surface area (TPSA) is 42.2 Å². The fraction of sp³-hybridized carbons (Fsp3) is 0.316. The van der Waals surface area contributed by atoms with Crippen molar-refractivity contribution in [2.45, 2.75) is 38.6 Å². The first kappa shape index (κ1) is 13.4. The Kier molecular flexibility index (Phi) is 3.14. The van der Waals surface area contributed by atoms with Crippen LogP contribution in [0.25, 0.3) is 21.7 Å². The van der Waals surface area contributed by atoms with Gasteiger partial charge in [0, 0.05) is 22.4 Å². The number of aryl methyl sites for hydroxylation is 1. The minimum absolute atomic E-state index is 0.0790. The molecule has 1 aliphatic rings. The fourth-order valence-electron chi connectivity index (χ4n) is 3.49. The lowest BCUT2D eigenvalue weighted by Gasteiger charge is -2.10. The van der Waals surface area contributed by atoms with Crippen LogP contribution in [0.4, 0.5) is 0 Å². The van der Waals surface area contributed by atoms with E-state index >= 15 is 0 Å². The van der Waals surface area contributed by atoms with E-state index in [9.17, 15) is 4.79 Å². The number of fused-ring (bicyclic) bond motifs is 3. The van der Waals surface area contributed by atoms with E-state index in [1.54, 1.807) is 0 Å². The molecular formula is C19H19NO2. The Hall–Kier alpha value is -2.29. The van der Waals surface area contributed by atoms with Crippen molar-refractivity contribution in [1.82, 2.24) is 5.32 Å². The van der Waals surface area contributed by atoms with Crippen molar-refractivity contribution in [1.29, 1.82) is 0 Å². The Balaban J connectivity index is 1.79. The number of carbonyl (C=O) groups is 1. The minimum Gasteiger partial charge on any atom is -0.450 e. The molecule has 1 heterocycles. The largest absolute Gasteiger partial charge is 0.450 e. The molecule has 112 valence electrons. The molecule has 0 bridgehead atoms. The average Bonchev–Trinajstić information content (AvgIpc) is 3.15. The summed E-state index contributed by atoms with van der Waals surface area (Å²) in [5.41, 5.74) is 1.74. The van der Waals surface area contributed by atoms with Gasteiger partial charge in [-0.1, -0.05) is 49.2 Å². The number of hydrogen-bond donors (Lipinski definition) is 1. The highest BCUT2D eigenvalue weighted by Gasteiger charge is 2.23. The molecule has 1 aromatic heterocycles. The molecule has 3 nitrogen and oxygen atoms in total. The Morgan fingerprint density at radius 1 is 1.09 bits per heavy atom. The van der Waals surface area contributed by atoms with Crippen LogP contribution in [0.2, 0.25) is 0 Å². The van der Waals surface area contributed by atoms with E-state index in [1.807, 2.05) is 31.2 Å². The summed E-state index contributed by atoms with van der Waals surface area (Å²) in [5, 5.41) is 6.33. The third-order valence-electron chi connectivity index (χ3n) is 4.72.